The molecule has 1 aromatic heterocycles. The minimum Gasteiger partial charge on any atom is -0.325 e. The van der Waals surface area contributed by atoms with Gasteiger partial charge in [-0.15, -0.1) is 0 Å². The number of halogens is 1. The Bertz CT molecular complexity index is 1420. The van der Waals surface area contributed by atoms with E-state index in [1.807, 2.05) is 24.3 Å². The summed E-state index contributed by atoms with van der Waals surface area (Å²) in [5, 5.41) is 4.93. The average Bonchev–Trinajstić information content (AvgIpc) is 3.28. The Morgan fingerprint density at radius 3 is 2.33 bits per heavy atom. The molecule has 2 aromatic carbocycles. The number of carbonyl (C=O) groups excluding carboxylic acids is 3. The van der Waals surface area contributed by atoms with Gasteiger partial charge in [-0.3, -0.25) is 29.1 Å². The number of nitrogens with one attached hydrogen (secondary N) is 2. The molecule has 1 saturated heterocycles. The first-order valence-corrected chi connectivity index (χ1v) is 13.1. The van der Waals surface area contributed by atoms with E-state index in [4.69, 9.17) is 0 Å². The van der Waals surface area contributed by atoms with Crippen LogP contribution in [0.25, 0.3) is 0 Å². The number of thiazole rings is 1. The van der Waals surface area contributed by atoms with Crippen molar-refractivity contribution in [3.63, 3.8) is 0 Å². The summed E-state index contributed by atoms with van der Waals surface area (Å²) >= 11 is 2.15. The first kappa shape index (κ1) is 24.5. The second kappa shape index (κ2) is 9.01. The number of amides is 3. The molecule has 0 spiro atoms. The van der Waals surface area contributed by atoms with Gasteiger partial charge in [0.25, 0.3) is 0 Å². The Labute approximate surface area is 215 Å². The number of rotatable bonds is 4. The first-order valence-electron chi connectivity index (χ1n) is 11.4. The van der Waals surface area contributed by atoms with Crippen LogP contribution < -0.4 is 15.5 Å². The van der Waals surface area contributed by atoms with E-state index in [0.29, 0.717) is 15.6 Å². The standard InChI is InChI=1S/C26H24FN3O4S2/c1-26(2,3)14-6-4-13(5-7-14)18-19-20(23(33)29-22(19)32)35-24-21(18)36-25(34)30(24)12-17(31)28-16-10-8-15(27)9-11-16/h4-11,18-20H,12H2,1-3H3,(H,28,31)(H,29,32,33). The molecule has 2 N–H and O–H groups in total. The van der Waals surface area contributed by atoms with E-state index >= 15 is 0 Å². The quantitative estimate of drug-likeness (QED) is 0.504. The van der Waals surface area contributed by atoms with E-state index in [-0.39, 0.29) is 22.7 Å². The molecule has 3 atom stereocenters. The lowest BCUT2D eigenvalue weighted by atomic mass is 9.81. The number of nitrogens with zero attached hydrogens (tertiary/aromatic N) is 1. The van der Waals surface area contributed by atoms with Crippen LogP contribution in [0.3, 0.4) is 0 Å². The highest BCUT2D eigenvalue weighted by molar-refractivity contribution is 8.00. The predicted octanol–water partition coefficient (Wildman–Crippen LogP) is 3.86. The van der Waals surface area contributed by atoms with Crippen molar-refractivity contribution in [1.29, 1.82) is 0 Å². The van der Waals surface area contributed by atoms with Gasteiger partial charge in [-0.05, 0) is 40.8 Å². The molecular weight excluding hydrogens is 501 g/mol. The maximum atomic E-state index is 13.2. The third-order valence-corrected chi connectivity index (χ3v) is 9.07. The highest BCUT2D eigenvalue weighted by atomic mass is 32.2. The zero-order chi connectivity index (χ0) is 25.8. The van der Waals surface area contributed by atoms with Gasteiger partial charge in [0.1, 0.15) is 17.6 Å². The first-order chi connectivity index (χ1) is 17.0. The van der Waals surface area contributed by atoms with Gasteiger partial charge in [0.2, 0.25) is 17.7 Å². The zero-order valence-electron chi connectivity index (χ0n) is 19.8. The molecule has 0 radical (unpaired) electrons. The maximum Gasteiger partial charge on any atom is 0.308 e. The Balaban J connectivity index is 1.52. The van der Waals surface area contributed by atoms with Crippen molar-refractivity contribution in [2.45, 2.75) is 48.9 Å². The number of aromatic nitrogens is 1. The summed E-state index contributed by atoms with van der Waals surface area (Å²) in [6, 6.07) is 13.3. The van der Waals surface area contributed by atoms with Crippen molar-refractivity contribution < 1.29 is 18.8 Å². The fraction of sp³-hybridized carbons (Fsp3) is 0.308. The van der Waals surface area contributed by atoms with Crippen molar-refractivity contribution >= 4 is 46.5 Å². The third kappa shape index (κ3) is 4.39. The van der Waals surface area contributed by atoms with Crippen LogP contribution in [0.4, 0.5) is 10.1 Å². The van der Waals surface area contributed by atoms with Crippen LogP contribution in [0, 0.1) is 11.7 Å². The minimum absolute atomic E-state index is 0.0542. The number of anilines is 1. The van der Waals surface area contributed by atoms with Crippen LogP contribution in [0.1, 0.15) is 42.7 Å². The smallest absolute Gasteiger partial charge is 0.308 e. The Hall–Kier alpha value is -3.24. The largest absolute Gasteiger partial charge is 0.325 e. The van der Waals surface area contributed by atoms with Crippen molar-refractivity contribution in [3.05, 3.63) is 80.0 Å². The SMILES string of the molecule is CC(C)(C)c1ccc(C2c3sc(=O)n(CC(=O)Nc4ccc(F)cc4)c3SC3C(=O)NC(=O)C32)cc1. The van der Waals surface area contributed by atoms with E-state index in [1.165, 1.54) is 28.8 Å². The van der Waals surface area contributed by atoms with Gasteiger partial charge < -0.3 is 5.32 Å². The highest BCUT2D eigenvalue weighted by Gasteiger charge is 2.52. The molecule has 0 bridgehead atoms. The Morgan fingerprint density at radius 1 is 1.03 bits per heavy atom. The number of benzene rings is 2. The molecule has 2 aliphatic rings. The van der Waals surface area contributed by atoms with Gasteiger partial charge in [0.15, 0.2) is 0 Å². The summed E-state index contributed by atoms with van der Waals surface area (Å²) in [5.41, 5.74) is 2.32. The number of hydrogen-bond acceptors (Lipinski definition) is 6. The lowest BCUT2D eigenvalue weighted by Gasteiger charge is -2.31. The van der Waals surface area contributed by atoms with Gasteiger partial charge in [-0.1, -0.05) is 68.1 Å². The van der Waals surface area contributed by atoms with E-state index in [1.54, 1.807) is 0 Å². The lowest BCUT2D eigenvalue weighted by molar-refractivity contribution is -0.126. The fourth-order valence-electron chi connectivity index (χ4n) is 4.60. The summed E-state index contributed by atoms with van der Waals surface area (Å²) in [6.45, 7) is 6.07. The Kier molecular flexibility index (Phi) is 6.12. The molecule has 1 fully saturated rings. The third-order valence-electron chi connectivity index (χ3n) is 6.45. The molecule has 0 saturated carbocycles. The van der Waals surface area contributed by atoms with Gasteiger partial charge >= 0.3 is 4.87 Å². The summed E-state index contributed by atoms with van der Waals surface area (Å²) < 4.78 is 14.5. The van der Waals surface area contributed by atoms with E-state index in [9.17, 15) is 23.6 Å². The molecule has 3 unspecified atom stereocenters. The molecule has 7 nitrogen and oxygen atoms in total. The van der Waals surface area contributed by atoms with Crippen molar-refractivity contribution in [2.75, 3.05) is 5.32 Å². The summed E-state index contributed by atoms with van der Waals surface area (Å²) in [4.78, 5) is 51.6. The van der Waals surface area contributed by atoms with Gasteiger partial charge in [0, 0.05) is 16.5 Å². The average molecular weight is 526 g/mol. The molecule has 3 amide bonds. The van der Waals surface area contributed by atoms with Crippen LogP contribution in [0.5, 0.6) is 0 Å². The lowest BCUT2D eigenvalue weighted by Crippen LogP contribution is -2.32. The molecule has 186 valence electrons. The monoisotopic (exact) mass is 525 g/mol. The van der Waals surface area contributed by atoms with E-state index in [2.05, 4.69) is 31.4 Å². The summed E-state index contributed by atoms with van der Waals surface area (Å²) in [6.07, 6.45) is 0. The van der Waals surface area contributed by atoms with Crippen LogP contribution in [0.15, 0.2) is 58.4 Å². The van der Waals surface area contributed by atoms with E-state index < -0.39 is 34.7 Å². The van der Waals surface area contributed by atoms with Crippen molar-refractivity contribution in [1.82, 2.24) is 9.88 Å². The van der Waals surface area contributed by atoms with Crippen molar-refractivity contribution in [3.8, 4) is 0 Å². The molecule has 36 heavy (non-hydrogen) atoms. The zero-order valence-corrected chi connectivity index (χ0v) is 21.5. The molecular formula is C26H24FN3O4S2. The van der Waals surface area contributed by atoms with Gasteiger partial charge in [-0.25, -0.2) is 4.39 Å². The van der Waals surface area contributed by atoms with E-state index in [0.717, 1.165) is 34.2 Å². The Morgan fingerprint density at radius 2 is 1.69 bits per heavy atom. The topological polar surface area (TPSA) is 97.3 Å². The molecule has 10 heteroatoms. The second-order valence-corrected chi connectivity index (χ2v) is 12.1. The number of carbonyl (C=O) groups is 3. The normalized spacial score (nSPS) is 21.1. The predicted molar refractivity (Wildman–Crippen MR) is 137 cm³/mol. The minimum atomic E-state index is -0.697. The summed E-state index contributed by atoms with van der Waals surface area (Å²) in [5.74, 6) is -2.74. The molecule has 0 aliphatic carbocycles. The summed E-state index contributed by atoms with van der Waals surface area (Å²) in [7, 11) is 0. The molecule has 3 aromatic rings. The number of hydrogen-bond donors (Lipinski definition) is 2. The maximum absolute atomic E-state index is 13.2. The molecule has 5 rings (SSSR count). The van der Waals surface area contributed by atoms with Crippen LogP contribution in [0.2, 0.25) is 0 Å². The number of imide groups is 1. The second-order valence-electron chi connectivity index (χ2n) is 9.95. The van der Waals surface area contributed by atoms with Crippen LogP contribution in [-0.2, 0) is 26.3 Å². The van der Waals surface area contributed by atoms with Gasteiger partial charge in [0.05, 0.1) is 10.9 Å². The molecule has 3 heterocycles. The van der Waals surface area contributed by atoms with Crippen LogP contribution >= 0.6 is 23.1 Å². The molecule has 2 aliphatic heterocycles. The van der Waals surface area contributed by atoms with Crippen LogP contribution in [-0.4, -0.2) is 27.5 Å². The fourth-order valence-corrected chi connectivity index (χ4v) is 7.34. The van der Waals surface area contributed by atoms with Gasteiger partial charge in [-0.2, -0.15) is 0 Å². The van der Waals surface area contributed by atoms with Crippen molar-refractivity contribution in [2.24, 2.45) is 5.92 Å². The number of fused-ring (bicyclic) bond motifs is 2. The highest BCUT2D eigenvalue weighted by Crippen LogP contribution is 2.51. The number of thioether (sulfide) groups is 1.